The molecule has 1 unspecified atom stereocenters. The number of hydrogen-bond acceptors (Lipinski definition) is 3. The molecule has 1 saturated heterocycles. The van der Waals surface area contributed by atoms with Gasteiger partial charge in [0.2, 0.25) is 0 Å². The number of rotatable bonds is 6. The van der Waals surface area contributed by atoms with Gasteiger partial charge in [-0.2, -0.15) is 5.10 Å². The van der Waals surface area contributed by atoms with Crippen molar-refractivity contribution in [3.8, 4) is 11.1 Å². The second-order valence-electron chi connectivity index (χ2n) is 9.27. The molecule has 168 valence electrons. The topological polar surface area (TPSA) is 81.8 Å². The molecule has 5 rings (SSSR count). The van der Waals surface area contributed by atoms with E-state index in [1.807, 2.05) is 47.5 Å². The summed E-state index contributed by atoms with van der Waals surface area (Å²) in [6.07, 6.45) is 6.05. The number of carbonyl (C=O) groups is 2. The lowest BCUT2D eigenvalue weighted by Crippen LogP contribution is -2.30. The van der Waals surface area contributed by atoms with E-state index in [1.54, 1.807) is 6.20 Å². The third-order valence-corrected chi connectivity index (χ3v) is 6.40. The fourth-order valence-electron chi connectivity index (χ4n) is 4.72. The molecule has 0 bridgehead atoms. The molecular weight excluding hydrogens is 412 g/mol. The van der Waals surface area contributed by atoms with E-state index in [2.05, 4.69) is 41.2 Å². The van der Waals surface area contributed by atoms with Crippen molar-refractivity contribution in [1.82, 2.24) is 20.1 Å². The number of carbonyl (C=O) groups excluding carboxylic acids is 2. The molecule has 0 aliphatic carbocycles. The molecule has 6 heteroatoms. The van der Waals surface area contributed by atoms with Gasteiger partial charge in [-0.3, -0.25) is 14.7 Å². The van der Waals surface area contributed by atoms with Crippen molar-refractivity contribution in [1.29, 1.82) is 0 Å². The van der Waals surface area contributed by atoms with Crippen molar-refractivity contribution in [3.63, 3.8) is 0 Å². The summed E-state index contributed by atoms with van der Waals surface area (Å²) in [6, 6.07) is 15.9. The molecule has 0 saturated carbocycles. The SMILES string of the molecule is CC(C)CC(=O)c1cc2ccc(C3CCCN3C(=O)c3ccc(-c4cn[nH]c4)cc3)cc2[nH]1. The van der Waals surface area contributed by atoms with Crippen LogP contribution in [-0.4, -0.2) is 38.3 Å². The monoisotopic (exact) mass is 440 g/mol. The number of aromatic nitrogens is 3. The quantitative estimate of drug-likeness (QED) is 0.374. The number of likely N-dealkylation sites (tertiary alicyclic amines) is 1. The Balaban J connectivity index is 1.37. The van der Waals surface area contributed by atoms with Gasteiger partial charge in [0.05, 0.1) is 17.9 Å². The summed E-state index contributed by atoms with van der Waals surface area (Å²) in [7, 11) is 0. The molecule has 2 aromatic heterocycles. The molecule has 1 amide bonds. The summed E-state index contributed by atoms with van der Waals surface area (Å²) in [6.45, 7) is 4.85. The Morgan fingerprint density at radius 3 is 2.64 bits per heavy atom. The van der Waals surface area contributed by atoms with Crippen molar-refractivity contribution in [3.05, 3.63) is 77.7 Å². The first-order valence-corrected chi connectivity index (χ1v) is 11.6. The molecule has 0 spiro atoms. The highest BCUT2D eigenvalue weighted by atomic mass is 16.2. The number of Topliss-reactive ketones (excluding diaryl/α,β-unsaturated/α-hetero) is 1. The van der Waals surface area contributed by atoms with E-state index < -0.39 is 0 Å². The maximum absolute atomic E-state index is 13.3. The molecule has 1 aliphatic heterocycles. The molecular formula is C27H28N4O2. The first kappa shape index (κ1) is 21.2. The van der Waals surface area contributed by atoms with Gasteiger partial charge < -0.3 is 9.88 Å². The van der Waals surface area contributed by atoms with Crippen LogP contribution in [0.15, 0.2) is 60.9 Å². The molecule has 2 N–H and O–H groups in total. The third kappa shape index (κ3) is 4.21. The van der Waals surface area contributed by atoms with Crippen LogP contribution >= 0.6 is 0 Å². The van der Waals surface area contributed by atoms with Gasteiger partial charge in [-0.05, 0) is 54.2 Å². The number of nitrogens with zero attached hydrogens (tertiary/aromatic N) is 2. The molecule has 4 aromatic rings. The number of H-pyrrole nitrogens is 2. The smallest absolute Gasteiger partial charge is 0.254 e. The number of ketones is 1. The number of nitrogens with one attached hydrogen (secondary N) is 2. The fourth-order valence-corrected chi connectivity index (χ4v) is 4.72. The van der Waals surface area contributed by atoms with E-state index in [1.165, 1.54) is 0 Å². The van der Waals surface area contributed by atoms with Crippen LogP contribution < -0.4 is 0 Å². The van der Waals surface area contributed by atoms with Gasteiger partial charge in [0.1, 0.15) is 0 Å². The van der Waals surface area contributed by atoms with E-state index in [-0.39, 0.29) is 17.7 Å². The summed E-state index contributed by atoms with van der Waals surface area (Å²) < 4.78 is 0. The standard InChI is InChI=1S/C27H28N4O2/c1-17(2)12-26(32)24-13-20-9-10-21(14-23(20)30-24)25-4-3-11-31(25)27(33)19-7-5-18(6-8-19)22-15-28-29-16-22/h5-10,13-17,25,30H,3-4,11-12H2,1-2H3,(H,28,29). The zero-order valence-electron chi connectivity index (χ0n) is 19.0. The number of amides is 1. The van der Waals surface area contributed by atoms with E-state index in [0.29, 0.717) is 23.6 Å². The number of hydrogen-bond donors (Lipinski definition) is 2. The van der Waals surface area contributed by atoms with Gasteiger partial charge in [-0.15, -0.1) is 0 Å². The molecule has 1 atom stereocenters. The van der Waals surface area contributed by atoms with E-state index >= 15 is 0 Å². The lowest BCUT2D eigenvalue weighted by atomic mass is 10.0. The minimum atomic E-state index is 0.0357. The first-order valence-electron chi connectivity index (χ1n) is 11.6. The van der Waals surface area contributed by atoms with E-state index in [9.17, 15) is 9.59 Å². The van der Waals surface area contributed by atoms with Gasteiger partial charge in [0.15, 0.2) is 5.78 Å². The van der Waals surface area contributed by atoms with Crippen molar-refractivity contribution in [2.75, 3.05) is 6.54 Å². The molecule has 33 heavy (non-hydrogen) atoms. The number of fused-ring (bicyclic) bond motifs is 1. The van der Waals surface area contributed by atoms with Crippen molar-refractivity contribution < 1.29 is 9.59 Å². The average molecular weight is 441 g/mol. The highest BCUT2D eigenvalue weighted by Gasteiger charge is 2.31. The molecule has 1 aliphatic rings. The van der Waals surface area contributed by atoms with Crippen LogP contribution in [0.5, 0.6) is 0 Å². The summed E-state index contributed by atoms with van der Waals surface area (Å²) in [5.74, 6) is 0.515. The summed E-state index contributed by atoms with van der Waals surface area (Å²) in [5.41, 5.74) is 5.43. The van der Waals surface area contributed by atoms with Gasteiger partial charge in [-0.1, -0.05) is 38.1 Å². The molecule has 2 aromatic carbocycles. The summed E-state index contributed by atoms with van der Waals surface area (Å²) in [5, 5.41) is 7.83. The summed E-state index contributed by atoms with van der Waals surface area (Å²) in [4.78, 5) is 31.1. The Bertz CT molecular complexity index is 1290. The molecule has 6 nitrogen and oxygen atoms in total. The second kappa shape index (κ2) is 8.70. The molecule has 0 radical (unpaired) electrons. The molecule has 3 heterocycles. The van der Waals surface area contributed by atoms with E-state index in [0.717, 1.165) is 47.0 Å². The second-order valence-corrected chi connectivity index (χ2v) is 9.27. The fraction of sp³-hybridized carbons (Fsp3) is 0.296. The predicted octanol–water partition coefficient (Wildman–Crippen LogP) is 5.76. The largest absolute Gasteiger partial charge is 0.352 e. The predicted molar refractivity (Wildman–Crippen MR) is 129 cm³/mol. The molecule has 1 fully saturated rings. The van der Waals surface area contributed by atoms with Crippen LogP contribution in [0.2, 0.25) is 0 Å². The Morgan fingerprint density at radius 1 is 1.09 bits per heavy atom. The highest BCUT2D eigenvalue weighted by Crippen LogP contribution is 2.35. The summed E-state index contributed by atoms with van der Waals surface area (Å²) >= 11 is 0. The van der Waals surface area contributed by atoms with Gasteiger partial charge >= 0.3 is 0 Å². The van der Waals surface area contributed by atoms with Gasteiger partial charge in [0.25, 0.3) is 5.91 Å². The van der Waals surface area contributed by atoms with Crippen LogP contribution in [-0.2, 0) is 0 Å². The minimum absolute atomic E-state index is 0.0357. The maximum Gasteiger partial charge on any atom is 0.254 e. The van der Waals surface area contributed by atoms with Crippen molar-refractivity contribution in [2.45, 2.75) is 39.2 Å². The van der Waals surface area contributed by atoms with Crippen molar-refractivity contribution in [2.24, 2.45) is 5.92 Å². The lowest BCUT2D eigenvalue weighted by Gasteiger charge is -2.25. The van der Waals surface area contributed by atoms with Crippen LogP contribution in [0.1, 0.15) is 65.6 Å². The Morgan fingerprint density at radius 2 is 1.91 bits per heavy atom. The third-order valence-electron chi connectivity index (χ3n) is 6.40. The van der Waals surface area contributed by atoms with Gasteiger partial charge in [-0.25, -0.2) is 0 Å². The highest BCUT2D eigenvalue weighted by molar-refractivity contribution is 5.99. The maximum atomic E-state index is 13.3. The van der Waals surface area contributed by atoms with Crippen LogP contribution in [0.3, 0.4) is 0 Å². The Labute approximate surface area is 193 Å². The average Bonchev–Trinajstić information content (AvgIpc) is 3.58. The van der Waals surface area contributed by atoms with Crippen LogP contribution in [0, 0.1) is 5.92 Å². The van der Waals surface area contributed by atoms with Crippen LogP contribution in [0.25, 0.3) is 22.0 Å². The Hall–Kier alpha value is -3.67. The number of benzene rings is 2. The normalized spacial score (nSPS) is 16.1. The van der Waals surface area contributed by atoms with Gasteiger partial charge in [0, 0.05) is 41.2 Å². The zero-order chi connectivity index (χ0) is 22.9. The van der Waals surface area contributed by atoms with E-state index in [4.69, 9.17) is 0 Å². The zero-order valence-corrected chi connectivity index (χ0v) is 19.0. The first-order chi connectivity index (χ1) is 16.0. The Kier molecular flexibility index (Phi) is 5.58. The lowest BCUT2D eigenvalue weighted by molar-refractivity contribution is 0.0735. The van der Waals surface area contributed by atoms with Crippen molar-refractivity contribution >= 4 is 22.6 Å². The van der Waals surface area contributed by atoms with Crippen LogP contribution in [0.4, 0.5) is 0 Å². The minimum Gasteiger partial charge on any atom is -0.352 e. The number of aromatic amines is 2.